The van der Waals surface area contributed by atoms with Crippen LogP contribution < -0.4 is 5.73 Å². The molecule has 0 aliphatic heterocycles. The number of likely N-dealkylation sites (N-methyl/N-ethyl adjacent to an activating group) is 1. The normalized spacial score (nSPS) is 29.4. The van der Waals surface area contributed by atoms with Crippen LogP contribution in [0.2, 0.25) is 5.02 Å². The van der Waals surface area contributed by atoms with Gasteiger partial charge in [0.15, 0.2) is 11.4 Å². The number of primary amides is 1. The van der Waals surface area contributed by atoms with E-state index in [1.54, 1.807) is 36.4 Å². The van der Waals surface area contributed by atoms with E-state index < -0.39 is 69.7 Å². The number of nitrogens with two attached hydrogens (primary N) is 1. The molecular formula is C28H25ClN2O8. The molecule has 1 amide bonds. The molecule has 1 saturated carbocycles. The molecule has 11 heteroatoms. The number of phenolic OH excluding ortho intramolecular Hbond substituents is 1. The molecule has 0 heterocycles. The number of aliphatic hydroxyl groups excluding tert-OH is 3. The standard InChI is InChI=1S/C28H25ClN2O8/c1-31(2)21-20-23(34)17-13(10-11-6-3-4-8-14(11)29)12-7-5-9-15(32)16(12)22(33)18(17)25(36)28(20,39)26(37)19(24(21)35)27(30)38/h3-10,17,20-21,23,32-34,37,39H,1-2H3,(H2,30,38)/b13-10+/t17-,20-,21-,23+,28+/m0/s1. The fourth-order valence-corrected chi connectivity index (χ4v) is 6.26. The monoisotopic (exact) mass is 552 g/mol. The van der Waals surface area contributed by atoms with Crippen molar-refractivity contribution in [3.8, 4) is 5.75 Å². The fraction of sp³-hybridized carbons (Fsp3) is 0.250. The van der Waals surface area contributed by atoms with Crippen LogP contribution in [0.4, 0.5) is 0 Å². The number of benzene rings is 2. The van der Waals surface area contributed by atoms with E-state index in [-0.39, 0.29) is 22.4 Å². The number of ketones is 2. The Morgan fingerprint density at radius 2 is 1.74 bits per heavy atom. The van der Waals surface area contributed by atoms with E-state index >= 15 is 0 Å². The molecular weight excluding hydrogens is 528 g/mol. The number of amides is 1. The van der Waals surface area contributed by atoms with Gasteiger partial charge in [-0.25, -0.2) is 0 Å². The second kappa shape index (κ2) is 9.06. The maximum Gasteiger partial charge on any atom is 0.255 e. The van der Waals surface area contributed by atoms with Crippen molar-refractivity contribution in [3.63, 3.8) is 0 Å². The molecule has 0 spiro atoms. The van der Waals surface area contributed by atoms with Crippen LogP contribution in [0.3, 0.4) is 0 Å². The largest absolute Gasteiger partial charge is 0.508 e. The number of nitrogens with zero attached hydrogens (tertiary/aromatic N) is 1. The highest BCUT2D eigenvalue weighted by Gasteiger charge is 2.68. The van der Waals surface area contributed by atoms with Crippen molar-refractivity contribution < 1.29 is 39.9 Å². The summed E-state index contributed by atoms with van der Waals surface area (Å²) in [5.41, 5.74) is 1.74. The molecule has 0 unspecified atom stereocenters. The van der Waals surface area contributed by atoms with Gasteiger partial charge in [-0.05, 0) is 49.0 Å². The summed E-state index contributed by atoms with van der Waals surface area (Å²) in [7, 11) is 2.89. The second-order valence-electron chi connectivity index (χ2n) is 10.0. The smallest absolute Gasteiger partial charge is 0.255 e. The molecule has 3 aliphatic rings. The summed E-state index contributed by atoms with van der Waals surface area (Å²) < 4.78 is 0. The molecule has 2 aromatic carbocycles. The summed E-state index contributed by atoms with van der Waals surface area (Å²) in [6, 6.07) is 9.66. The highest BCUT2D eigenvalue weighted by molar-refractivity contribution is 6.32. The van der Waals surface area contributed by atoms with Crippen molar-refractivity contribution in [3.05, 3.63) is 81.1 Å². The van der Waals surface area contributed by atoms with Crippen LogP contribution in [0.15, 0.2) is 59.4 Å². The van der Waals surface area contributed by atoms with Crippen LogP contribution in [-0.4, -0.2) is 79.7 Å². The van der Waals surface area contributed by atoms with Gasteiger partial charge in [0.1, 0.15) is 22.8 Å². The number of carbonyl (C=O) groups excluding carboxylic acids is 3. The van der Waals surface area contributed by atoms with Gasteiger partial charge in [-0.15, -0.1) is 0 Å². The lowest BCUT2D eigenvalue weighted by atomic mass is 9.55. The molecule has 0 bridgehead atoms. The number of aliphatic hydroxyl groups is 4. The molecule has 0 saturated heterocycles. The van der Waals surface area contributed by atoms with Crippen LogP contribution >= 0.6 is 11.6 Å². The third-order valence-corrected chi connectivity index (χ3v) is 8.09. The third-order valence-electron chi connectivity index (χ3n) is 7.75. The molecule has 7 N–H and O–H groups in total. The molecule has 2 aromatic rings. The maximum atomic E-state index is 14.1. The molecule has 1 fully saturated rings. The van der Waals surface area contributed by atoms with E-state index in [2.05, 4.69) is 0 Å². The van der Waals surface area contributed by atoms with Gasteiger partial charge in [0.25, 0.3) is 5.91 Å². The van der Waals surface area contributed by atoms with E-state index in [0.717, 1.165) is 0 Å². The zero-order valence-corrected chi connectivity index (χ0v) is 21.5. The summed E-state index contributed by atoms with van der Waals surface area (Å²) in [5.74, 6) is -9.02. The number of Topliss-reactive ketones (excluding diaryl/α,β-unsaturated/α-hetero) is 2. The minimum absolute atomic E-state index is 0.140. The number of fused-ring (bicyclic) bond motifs is 3. The first kappa shape index (κ1) is 26.6. The Hall–Kier alpha value is -3.96. The first-order valence-electron chi connectivity index (χ1n) is 11.9. The van der Waals surface area contributed by atoms with E-state index in [0.29, 0.717) is 10.6 Å². The summed E-state index contributed by atoms with van der Waals surface area (Å²) in [6.07, 6.45) is -0.180. The minimum Gasteiger partial charge on any atom is -0.508 e. The van der Waals surface area contributed by atoms with E-state index in [4.69, 9.17) is 17.3 Å². The van der Waals surface area contributed by atoms with Gasteiger partial charge in [-0.2, -0.15) is 0 Å². The van der Waals surface area contributed by atoms with Crippen LogP contribution in [0.5, 0.6) is 5.75 Å². The topological polar surface area (TPSA) is 182 Å². The summed E-state index contributed by atoms with van der Waals surface area (Å²) in [6.45, 7) is 0. The van der Waals surface area contributed by atoms with Crippen molar-refractivity contribution in [1.29, 1.82) is 0 Å². The number of rotatable bonds is 3. The third kappa shape index (κ3) is 3.56. The van der Waals surface area contributed by atoms with Gasteiger partial charge < -0.3 is 31.3 Å². The number of carbonyl (C=O) groups is 3. The molecule has 0 radical (unpaired) electrons. The fourth-order valence-electron chi connectivity index (χ4n) is 6.07. The number of hydrogen-bond acceptors (Lipinski definition) is 9. The Morgan fingerprint density at radius 1 is 1.08 bits per heavy atom. The molecule has 0 aromatic heterocycles. The molecule has 5 rings (SSSR count). The Bertz CT molecular complexity index is 1560. The van der Waals surface area contributed by atoms with Crippen molar-refractivity contribution in [2.75, 3.05) is 14.1 Å². The van der Waals surface area contributed by atoms with E-state index in [1.165, 1.54) is 31.1 Å². The van der Waals surface area contributed by atoms with E-state index in [1.807, 2.05) is 0 Å². The van der Waals surface area contributed by atoms with Crippen molar-refractivity contribution >= 4 is 46.5 Å². The predicted octanol–water partition coefficient (Wildman–Crippen LogP) is 1.59. The average molecular weight is 553 g/mol. The maximum absolute atomic E-state index is 14.1. The number of halogens is 1. The van der Waals surface area contributed by atoms with Crippen LogP contribution in [-0.2, 0) is 14.4 Å². The Balaban J connectivity index is 1.88. The molecule has 5 atom stereocenters. The number of phenols is 1. The van der Waals surface area contributed by atoms with Crippen molar-refractivity contribution in [2.45, 2.75) is 17.7 Å². The molecule has 10 nitrogen and oxygen atoms in total. The summed E-state index contributed by atoms with van der Waals surface area (Å²) in [4.78, 5) is 40.9. The lowest BCUT2D eigenvalue weighted by molar-refractivity contribution is -0.166. The first-order valence-corrected chi connectivity index (χ1v) is 12.3. The first-order chi connectivity index (χ1) is 18.3. The van der Waals surface area contributed by atoms with Crippen molar-refractivity contribution in [1.82, 2.24) is 4.90 Å². The molecule has 3 aliphatic carbocycles. The van der Waals surface area contributed by atoms with Gasteiger partial charge in [0.2, 0.25) is 5.78 Å². The second-order valence-corrected chi connectivity index (χ2v) is 10.4. The van der Waals surface area contributed by atoms with E-state index in [9.17, 15) is 39.9 Å². The number of hydrogen-bond donors (Lipinski definition) is 6. The lowest BCUT2D eigenvalue weighted by Gasteiger charge is -2.53. The number of aromatic hydroxyl groups is 1. The Kier molecular flexibility index (Phi) is 6.19. The van der Waals surface area contributed by atoms with Crippen molar-refractivity contribution in [2.24, 2.45) is 17.6 Å². The summed E-state index contributed by atoms with van der Waals surface area (Å²) >= 11 is 6.39. The van der Waals surface area contributed by atoms with Crippen LogP contribution in [0.1, 0.15) is 16.7 Å². The molecule has 39 heavy (non-hydrogen) atoms. The molecule has 202 valence electrons. The van der Waals surface area contributed by atoms with Gasteiger partial charge in [-0.3, -0.25) is 19.3 Å². The van der Waals surface area contributed by atoms with Gasteiger partial charge in [-0.1, -0.05) is 41.9 Å². The highest BCUT2D eigenvalue weighted by atomic mass is 35.5. The van der Waals surface area contributed by atoms with Crippen LogP contribution in [0.25, 0.3) is 17.4 Å². The van der Waals surface area contributed by atoms with Gasteiger partial charge >= 0.3 is 0 Å². The Morgan fingerprint density at radius 3 is 2.36 bits per heavy atom. The highest BCUT2D eigenvalue weighted by Crippen LogP contribution is 2.56. The zero-order valence-electron chi connectivity index (χ0n) is 20.8. The predicted molar refractivity (Wildman–Crippen MR) is 141 cm³/mol. The minimum atomic E-state index is -3.00. The SMILES string of the molecule is CN(C)[C@@H]1C(=O)C(C(N)=O)=C(O)[C@]2(O)C(=O)C3=C(O)c4c(O)cccc4/C(=C\c4ccccc4Cl)[C@@H]3[C@@H](O)[C@H]12. The Labute approximate surface area is 227 Å². The van der Waals surface area contributed by atoms with Gasteiger partial charge in [0.05, 0.1) is 29.2 Å². The average Bonchev–Trinajstić information content (AvgIpc) is 2.86. The zero-order chi connectivity index (χ0) is 28.5. The summed E-state index contributed by atoms with van der Waals surface area (Å²) in [5, 5.41) is 57.0. The van der Waals surface area contributed by atoms with Crippen LogP contribution in [0, 0.1) is 11.8 Å². The van der Waals surface area contributed by atoms with Gasteiger partial charge in [0, 0.05) is 10.9 Å². The quantitative estimate of drug-likeness (QED) is 0.308. The lowest BCUT2D eigenvalue weighted by Crippen LogP contribution is -2.70.